The minimum Gasteiger partial charge on any atom is -0.283 e. The van der Waals surface area contributed by atoms with Gasteiger partial charge in [0.1, 0.15) is 5.01 Å². The summed E-state index contributed by atoms with van der Waals surface area (Å²) in [6.45, 7) is 2.18. The minimum atomic E-state index is -4.39. The van der Waals surface area contributed by atoms with Gasteiger partial charge in [0.05, 0.1) is 5.56 Å². The number of aromatic nitrogens is 3. The fraction of sp³-hybridized carbons (Fsp3) is 0.176. The molecule has 0 saturated carbocycles. The van der Waals surface area contributed by atoms with Crippen LogP contribution in [-0.4, -0.2) is 27.6 Å². The van der Waals surface area contributed by atoms with Crippen LogP contribution in [0.4, 0.5) is 18.3 Å². The Hall–Kier alpha value is -2.81. The molecule has 134 valence electrons. The number of hydrogen-bond acceptors (Lipinski definition) is 5. The molecular weight excluding hydrogens is 365 g/mol. The first-order chi connectivity index (χ1) is 12.4. The third-order valence-corrected chi connectivity index (χ3v) is 4.59. The van der Waals surface area contributed by atoms with Crippen molar-refractivity contribution >= 4 is 22.4 Å². The Morgan fingerprint density at radius 1 is 1.08 bits per heavy atom. The molecule has 0 fully saturated rings. The second-order valence-electron chi connectivity index (χ2n) is 5.25. The summed E-state index contributed by atoms with van der Waals surface area (Å²) in [6.07, 6.45) is -1.34. The molecule has 2 heterocycles. The van der Waals surface area contributed by atoms with Crippen molar-refractivity contribution in [3.63, 3.8) is 0 Å². The number of pyridine rings is 1. The van der Waals surface area contributed by atoms with Crippen molar-refractivity contribution < 1.29 is 18.0 Å². The van der Waals surface area contributed by atoms with Gasteiger partial charge in [-0.2, -0.15) is 13.2 Å². The van der Waals surface area contributed by atoms with E-state index in [9.17, 15) is 18.0 Å². The molecule has 5 nitrogen and oxygen atoms in total. The van der Waals surface area contributed by atoms with Crippen LogP contribution < -0.4 is 4.90 Å². The number of hydrogen-bond donors (Lipinski definition) is 0. The van der Waals surface area contributed by atoms with E-state index in [0.29, 0.717) is 27.8 Å². The van der Waals surface area contributed by atoms with Crippen molar-refractivity contribution in [2.24, 2.45) is 0 Å². The standard InChI is InChI=1S/C17H13F3N4OS/c1-2-24(15(25)12-7-9-21-10-8-12)16-23-22-14(26-16)11-3-5-13(6-4-11)17(18,19)20/h3-10H,2H2,1H3. The van der Waals surface area contributed by atoms with E-state index in [-0.39, 0.29) is 5.91 Å². The molecule has 0 bridgehead atoms. The predicted molar refractivity (Wildman–Crippen MR) is 91.9 cm³/mol. The Morgan fingerprint density at radius 2 is 1.73 bits per heavy atom. The van der Waals surface area contributed by atoms with Gasteiger partial charge in [0.15, 0.2) is 0 Å². The van der Waals surface area contributed by atoms with Crippen LogP contribution in [0.25, 0.3) is 10.6 Å². The van der Waals surface area contributed by atoms with Gasteiger partial charge < -0.3 is 0 Å². The topological polar surface area (TPSA) is 59.0 Å². The highest BCUT2D eigenvalue weighted by Crippen LogP contribution is 2.33. The van der Waals surface area contributed by atoms with Crippen molar-refractivity contribution in [1.29, 1.82) is 0 Å². The lowest BCUT2D eigenvalue weighted by Crippen LogP contribution is -2.30. The van der Waals surface area contributed by atoms with Crippen molar-refractivity contribution in [1.82, 2.24) is 15.2 Å². The minimum absolute atomic E-state index is 0.245. The van der Waals surface area contributed by atoms with Gasteiger partial charge in [-0.1, -0.05) is 23.5 Å². The fourth-order valence-corrected chi connectivity index (χ4v) is 3.17. The fourth-order valence-electron chi connectivity index (χ4n) is 2.26. The lowest BCUT2D eigenvalue weighted by Gasteiger charge is -2.16. The van der Waals surface area contributed by atoms with Crippen LogP contribution in [0.3, 0.4) is 0 Å². The van der Waals surface area contributed by atoms with Gasteiger partial charge in [0.2, 0.25) is 5.13 Å². The first-order valence-electron chi connectivity index (χ1n) is 7.63. The quantitative estimate of drug-likeness (QED) is 0.680. The third-order valence-electron chi connectivity index (χ3n) is 3.59. The Balaban J connectivity index is 1.85. The molecule has 0 unspecified atom stereocenters. The van der Waals surface area contributed by atoms with Crippen molar-refractivity contribution in [3.05, 3.63) is 59.9 Å². The molecule has 0 spiro atoms. The van der Waals surface area contributed by atoms with Crippen LogP contribution in [0, 0.1) is 0 Å². The molecule has 0 saturated heterocycles. The molecule has 3 aromatic rings. The van der Waals surface area contributed by atoms with Crippen LogP contribution in [0.1, 0.15) is 22.8 Å². The van der Waals surface area contributed by atoms with Gasteiger partial charge in [-0.05, 0) is 31.2 Å². The second-order valence-corrected chi connectivity index (χ2v) is 6.21. The van der Waals surface area contributed by atoms with Crippen LogP contribution in [0.2, 0.25) is 0 Å². The number of amides is 1. The zero-order valence-electron chi connectivity index (χ0n) is 13.6. The molecule has 9 heteroatoms. The normalized spacial score (nSPS) is 11.4. The third kappa shape index (κ3) is 3.72. The first kappa shape index (κ1) is 18.0. The summed E-state index contributed by atoms with van der Waals surface area (Å²) >= 11 is 1.14. The Bertz CT molecular complexity index is 894. The maximum absolute atomic E-state index is 12.7. The van der Waals surface area contributed by atoms with Crippen LogP contribution >= 0.6 is 11.3 Å². The number of anilines is 1. The number of alkyl halides is 3. The number of nitrogens with zero attached hydrogens (tertiary/aromatic N) is 4. The highest BCUT2D eigenvalue weighted by atomic mass is 32.1. The smallest absolute Gasteiger partial charge is 0.283 e. The molecule has 26 heavy (non-hydrogen) atoms. The summed E-state index contributed by atoms with van der Waals surface area (Å²) in [4.78, 5) is 17.9. The number of rotatable bonds is 4. The Morgan fingerprint density at radius 3 is 2.31 bits per heavy atom. The van der Waals surface area contributed by atoms with E-state index in [2.05, 4.69) is 15.2 Å². The maximum Gasteiger partial charge on any atom is 0.416 e. The summed E-state index contributed by atoms with van der Waals surface area (Å²) in [5.74, 6) is -0.245. The molecule has 0 N–H and O–H groups in total. The van der Waals surface area contributed by atoms with Crippen molar-refractivity contribution in [2.45, 2.75) is 13.1 Å². The molecule has 2 aromatic heterocycles. The van der Waals surface area contributed by atoms with E-state index in [0.717, 1.165) is 23.5 Å². The average molecular weight is 378 g/mol. The lowest BCUT2D eigenvalue weighted by molar-refractivity contribution is -0.137. The first-order valence-corrected chi connectivity index (χ1v) is 8.45. The Labute approximate surface area is 151 Å². The highest BCUT2D eigenvalue weighted by Gasteiger charge is 2.30. The molecule has 0 aliphatic carbocycles. The molecule has 1 aromatic carbocycles. The Kier molecular flexibility index (Phi) is 4.99. The number of halogens is 3. The largest absolute Gasteiger partial charge is 0.416 e. The second kappa shape index (κ2) is 7.20. The van der Waals surface area contributed by atoms with Gasteiger partial charge >= 0.3 is 6.18 Å². The SMILES string of the molecule is CCN(C(=O)c1ccncc1)c1nnc(-c2ccc(C(F)(F)F)cc2)s1. The van der Waals surface area contributed by atoms with E-state index >= 15 is 0 Å². The van der Waals surface area contributed by atoms with Crippen LogP contribution in [0.15, 0.2) is 48.8 Å². The molecule has 0 aliphatic rings. The van der Waals surface area contributed by atoms with Gasteiger partial charge in [0.25, 0.3) is 5.91 Å². The summed E-state index contributed by atoms with van der Waals surface area (Å²) in [5.41, 5.74) is 0.247. The summed E-state index contributed by atoms with van der Waals surface area (Å²) < 4.78 is 38.0. The summed E-state index contributed by atoms with van der Waals surface area (Å²) in [6, 6.07) is 7.88. The highest BCUT2D eigenvalue weighted by molar-refractivity contribution is 7.18. The van der Waals surface area contributed by atoms with Gasteiger partial charge in [-0.25, -0.2) is 0 Å². The van der Waals surface area contributed by atoms with Gasteiger partial charge in [-0.15, -0.1) is 10.2 Å². The van der Waals surface area contributed by atoms with Crippen molar-refractivity contribution in [3.8, 4) is 10.6 Å². The zero-order valence-corrected chi connectivity index (χ0v) is 14.4. The van der Waals surface area contributed by atoms with Crippen molar-refractivity contribution in [2.75, 3.05) is 11.4 Å². The zero-order chi connectivity index (χ0) is 18.7. The predicted octanol–water partition coefficient (Wildman–Crippen LogP) is 4.29. The molecule has 0 aliphatic heterocycles. The average Bonchev–Trinajstić information content (AvgIpc) is 3.12. The number of carbonyl (C=O) groups is 1. The van der Waals surface area contributed by atoms with Gasteiger partial charge in [-0.3, -0.25) is 14.7 Å². The number of benzene rings is 1. The molecular formula is C17H13F3N4OS. The van der Waals surface area contributed by atoms with E-state index in [4.69, 9.17) is 0 Å². The van der Waals surface area contributed by atoms with E-state index in [1.165, 1.54) is 29.4 Å². The molecule has 0 radical (unpaired) electrons. The number of carbonyl (C=O) groups excluding carboxylic acids is 1. The van der Waals surface area contributed by atoms with E-state index in [1.54, 1.807) is 19.1 Å². The monoisotopic (exact) mass is 378 g/mol. The molecule has 0 atom stereocenters. The lowest BCUT2D eigenvalue weighted by atomic mass is 10.1. The maximum atomic E-state index is 12.7. The molecule has 3 rings (SSSR count). The summed E-state index contributed by atoms with van der Waals surface area (Å²) in [5, 5.41) is 8.84. The van der Waals surface area contributed by atoms with Gasteiger partial charge in [0, 0.05) is 30.1 Å². The van der Waals surface area contributed by atoms with Crippen LogP contribution in [-0.2, 0) is 6.18 Å². The molecule has 1 amide bonds. The van der Waals surface area contributed by atoms with Crippen LogP contribution in [0.5, 0.6) is 0 Å². The summed E-state index contributed by atoms with van der Waals surface area (Å²) in [7, 11) is 0. The van der Waals surface area contributed by atoms with E-state index < -0.39 is 11.7 Å². The van der Waals surface area contributed by atoms with E-state index in [1.807, 2.05) is 0 Å².